The molecule has 2 saturated heterocycles. The summed E-state index contributed by atoms with van der Waals surface area (Å²) in [5.41, 5.74) is 17.7. The number of nitrogens with one attached hydrogen (secondary N) is 8. The summed E-state index contributed by atoms with van der Waals surface area (Å²) in [7, 11) is 0. The minimum atomic E-state index is -1.54. The Bertz CT molecular complexity index is 1900. The van der Waals surface area contributed by atoms with Crippen molar-refractivity contribution in [3.05, 3.63) is 0 Å². The molecular weight excluding hydrogens is 949 g/mol. The van der Waals surface area contributed by atoms with Gasteiger partial charge in [-0.25, -0.2) is 4.79 Å². The minimum Gasteiger partial charge on any atom is -0.460 e. The third-order valence-corrected chi connectivity index (χ3v) is 13.5. The van der Waals surface area contributed by atoms with E-state index in [0.717, 1.165) is 4.90 Å². The molecule has 73 heavy (non-hydrogen) atoms. The molecule has 2 fully saturated rings. The molecule has 0 spiro atoms. The number of nitrogens with two attached hydrogens (primary N) is 3. The van der Waals surface area contributed by atoms with Crippen molar-refractivity contribution in [3.63, 3.8) is 0 Å². The number of ether oxygens (including phenoxy) is 1. The molecule has 0 aromatic carbocycles. The summed E-state index contributed by atoms with van der Waals surface area (Å²) >= 11 is 0. The average Bonchev–Trinajstić information content (AvgIpc) is 3.59. The Kier molecular flexibility index (Phi) is 26.7. The number of hydrogen-bond acceptors (Lipinski definition) is 15. The maximum atomic E-state index is 14.2. The first-order valence-electron chi connectivity index (χ1n) is 26.0. The van der Waals surface area contributed by atoms with E-state index < -0.39 is 162 Å². The van der Waals surface area contributed by atoms with Gasteiger partial charge in [0, 0.05) is 6.04 Å². The number of fused-ring (bicyclic) bond motifs is 2. The molecular formula is C49H88N12O12. The number of carbonyl (C=O) groups is 10. The second-order valence-corrected chi connectivity index (χ2v) is 20.7. The van der Waals surface area contributed by atoms with Crippen LogP contribution >= 0.6 is 0 Å². The fraction of sp³-hybridized carbons (Fsp3) is 0.796. The van der Waals surface area contributed by atoms with E-state index in [1.807, 2.05) is 13.8 Å². The Morgan fingerprint density at radius 1 is 0.562 bits per heavy atom. The van der Waals surface area contributed by atoms with Gasteiger partial charge in [0.1, 0.15) is 54.4 Å². The number of amides is 9. The van der Waals surface area contributed by atoms with Gasteiger partial charge in [0.25, 0.3) is 0 Å². The van der Waals surface area contributed by atoms with Crippen LogP contribution in [0.3, 0.4) is 0 Å². The zero-order valence-corrected chi connectivity index (χ0v) is 44.8. The van der Waals surface area contributed by atoms with Crippen LogP contribution in [0.2, 0.25) is 0 Å². The highest BCUT2D eigenvalue weighted by molar-refractivity contribution is 5.99. The van der Waals surface area contributed by atoms with Crippen molar-refractivity contribution in [2.75, 3.05) is 26.2 Å². The highest BCUT2D eigenvalue weighted by atomic mass is 16.5. The van der Waals surface area contributed by atoms with Gasteiger partial charge in [0.05, 0.1) is 13.0 Å². The lowest BCUT2D eigenvalue weighted by Gasteiger charge is -2.32. The zero-order chi connectivity index (χ0) is 55.4. The Morgan fingerprint density at radius 3 is 1.41 bits per heavy atom. The van der Waals surface area contributed by atoms with E-state index in [2.05, 4.69) is 42.5 Å². The first-order valence-corrected chi connectivity index (χ1v) is 26.0. The lowest BCUT2D eigenvalue weighted by atomic mass is 9.96. The van der Waals surface area contributed by atoms with E-state index in [0.29, 0.717) is 12.8 Å². The smallest absolute Gasteiger partial charge is 0.331 e. The molecule has 2 aliphatic rings. The largest absolute Gasteiger partial charge is 0.460 e. The molecule has 2 aliphatic heterocycles. The van der Waals surface area contributed by atoms with Crippen LogP contribution in [-0.4, -0.2) is 162 Å². The third kappa shape index (κ3) is 18.8. The van der Waals surface area contributed by atoms with Crippen LogP contribution in [0.25, 0.3) is 0 Å². The normalized spacial score (nSPS) is 29.5. The second-order valence-electron chi connectivity index (χ2n) is 20.7. The van der Waals surface area contributed by atoms with Gasteiger partial charge < -0.3 is 74.5 Å². The molecule has 24 nitrogen and oxygen atoms in total. The molecule has 0 radical (unpaired) electrons. The van der Waals surface area contributed by atoms with E-state index >= 15 is 0 Å². The van der Waals surface area contributed by atoms with E-state index in [1.165, 1.54) is 0 Å². The van der Waals surface area contributed by atoms with Gasteiger partial charge >= 0.3 is 5.97 Å². The minimum absolute atomic E-state index is 0.0128. The summed E-state index contributed by atoms with van der Waals surface area (Å²) in [5.74, 6) is -9.92. The Labute approximate surface area is 430 Å². The number of rotatable bonds is 15. The lowest BCUT2D eigenvalue weighted by Crippen LogP contribution is -2.62. The van der Waals surface area contributed by atoms with Crippen molar-refractivity contribution in [2.45, 2.75) is 194 Å². The maximum absolute atomic E-state index is 14.2. The SMILES string of the molecule is CCC(C)C1CC(=O)NC(CCN)C(=O)N[C@@H](C(C)C)C(=O)NC(CCN)C(=O)NC(C(C)CC)C(=O)NC(CC(C)C)C(=O)NC(CCN)C(=O)NC(C(C)C)C(=O)NC2CC(C)N(C2=O)C(CO)C(=O)O1. The van der Waals surface area contributed by atoms with E-state index in [1.54, 1.807) is 62.3 Å². The van der Waals surface area contributed by atoms with Crippen molar-refractivity contribution in [1.82, 2.24) is 47.4 Å². The molecule has 2 bridgehead atoms. The van der Waals surface area contributed by atoms with Crippen LogP contribution in [0.5, 0.6) is 0 Å². The van der Waals surface area contributed by atoms with E-state index in [-0.39, 0.29) is 57.7 Å². The van der Waals surface area contributed by atoms with Crippen molar-refractivity contribution in [3.8, 4) is 0 Å². The molecule has 0 aromatic rings. The van der Waals surface area contributed by atoms with Gasteiger partial charge in [-0.05, 0) is 88.3 Å². The lowest BCUT2D eigenvalue weighted by molar-refractivity contribution is -0.165. The molecule has 9 amide bonds. The molecule has 12 unspecified atom stereocenters. The van der Waals surface area contributed by atoms with Gasteiger partial charge in [0.15, 0.2) is 6.04 Å². The fourth-order valence-electron chi connectivity index (χ4n) is 8.70. The van der Waals surface area contributed by atoms with Gasteiger partial charge in [-0.15, -0.1) is 0 Å². The monoisotopic (exact) mass is 1040 g/mol. The molecule has 0 saturated carbocycles. The van der Waals surface area contributed by atoms with E-state index in [9.17, 15) is 53.1 Å². The standard InChI is InChI=1S/C49H88N12O12/c1-12-27(9)36-22-37(63)53-30(14-17-50)41(64)58-38(25(5)6)45(68)55-32(16-19-52)43(66)60-40(28(10)13-2)47(70)56-33(20-24(3)4)44(67)54-31(15-18-51)42(65)59-39(26(7)8)46(69)57-34-21-29(11)61(48(34)71)35(23-62)49(72)73-36/h24-36,38-40,62H,12-23,50-52H2,1-11H3,(H,53,63)(H,54,67)(H,55,68)(H,56,70)(H,57,69)(H,58,64)(H,59,65)(H,60,66)/t27?,28?,29?,30?,31?,32?,33?,34?,35?,36?,38-,39?,40?/m0/s1. The first kappa shape index (κ1) is 63.7. The second kappa shape index (κ2) is 30.7. The summed E-state index contributed by atoms with van der Waals surface area (Å²) < 4.78 is 5.86. The summed E-state index contributed by atoms with van der Waals surface area (Å²) in [6, 6.07) is -12.2. The van der Waals surface area contributed by atoms with E-state index in [4.69, 9.17) is 21.9 Å². The molecule has 0 aromatic heterocycles. The molecule has 24 heteroatoms. The number of cyclic esters (lactones) is 1. The summed E-state index contributed by atoms with van der Waals surface area (Å²) in [6.07, 6.45) is -0.800. The number of carbonyl (C=O) groups excluding carboxylic acids is 10. The Morgan fingerprint density at radius 2 is 0.973 bits per heavy atom. The Hall–Kier alpha value is -5.46. The average molecular weight is 1040 g/mol. The number of aliphatic hydroxyl groups is 1. The van der Waals surface area contributed by atoms with Crippen LogP contribution in [0, 0.1) is 29.6 Å². The quantitative estimate of drug-likeness (QED) is 0.0765. The molecule has 2 heterocycles. The van der Waals surface area contributed by atoms with Crippen molar-refractivity contribution in [2.24, 2.45) is 46.8 Å². The zero-order valence-electron chi connectivity index (χ0n) is 44.8. The molecule has 13 atom stereocenters. The molecule has 416 valence electrons. The molecule has 0 aliphatic carbocycles. The predicted octanol–water partition coefficient (Wildman–Crippen LogP) is -2.34. The number of esters is 1. The Balaban J connectivity index is 2.74. The summed E-state index contributed by atoms with van der Waals surface area (Å²) in [6.45, 7) is 17.9. The fourth-order valence-corrected chi connectivity index (χ4v) is 8.70. The number of nitrogens with zero attached hydrogens (tertiary/aromatic N) is 1. The van der Waals surface area contributed by atoms with Crippen molar-refractivity contribution < 1.29 is 57.8 Å². The van der Waals surface area contributed by atoms with Crippen molar-refractivity contribution in [1.29, 1.82) is 0 Å². The van der Waals surface area contributed by atoms with Crippen LogP contribution in [0.1, 0.15) is 128 Å². The molecule has 15 N–H and O–H groups in total. The number of hydrogen-bond donors (Lipinski definition) is 12. The van der Waals surface area contributed by atoms with Crippen LogP contribution in [0.15, 0.2) is 0 Å². The third-order valence-electron chi connectivity index (χ3n) is 13.5. The van der Waals surface area contributed by atoms with Gasteiger partial charge in [-0.1, -0.05) is 82.1 Å². The first-order chi connectivity index (χ1) is 34.3. The highest BCUT2D eigenvalue weighted by Crippen LogP contribution is 2.25. The summed E-state index contributed by atoms with van der Waals surface area (Å²) in [5, 5.41) is 32.0. The predicted molar refractivity (Wildman–Crippen MR) is 271 cm³/mol. The van der Waals surface area contributed by atoms with Crippen molar-refractivity contribution >= 4 is 59.1 Å². The topological polar surface area (TPSA) is 378 Å². The van der Waals surface area contributed by atoms with Gasteiger partial charge in [-0.3, -0.25) is 43.2 Å². The van der Waals surface area contributed by atoms with Gasteiger partial charge in [0.2, 0.25) is 53.2 Å². The maximum Gasteiger partial charge on any atom is 0.331 e. The molecule has 2 rings (SSSR count). The van der Waals surface area contributed by atoms with Crippen LogP contribution in [0.4, 0.5) is 0 Å². The van der Waals surface area contributed by atoms with Crippen LogP contribution in [-0.2, 0) is 52.7 Å². The number of aliphatic hydroxyl groups excluding tert-OH is 1. The van der Waals surface area contributed by atoms with Crippen LogP contribution < -0.4 is 59.7 Å². The van der Waals surface area contributed by atoms with Gasteiger partial charge in [-0.2, -0.15) is 0 Å². The highest BCUT2D eigenvalue weighted by Gasteiger charge is 2.46. The summed E-state index contributed by atoms with van der Waals surface area (Å²) in [4.78, 5) is 141.